The number of anilines is 1. The number of halogens is 1. The van der Waals surface area contributed by atoms with Gasteiger partial charge in [0.15, 0.2) is 0 Å². The van der Waals surface area contributed by atoms with Gasteiger partial charge in [-0.1, -0.05) is 41.9 Å². The van der Waals surface area contributed by atoms with E-state index in [1.165, 1.54) is 4.31 Å². The fourth-order valence-electron chi connectivity index (χ4n) is 2.35. The lowest BCUT2D eigenvalue weighted by atomic mass is 10.2. The molecule has 0 heterocycles. The molecule has 0 aromatic heterocycles. The molecule has 2 aromatic carbocycles. The fraction of sp³-hybridized carbons (Fsp3) is 0.278. The second kappa shape index (κ2) is 8.47. The van der Waals surface area contributed by atoms with E-state index in [2.05, 4.69) is 5.32 Å². The zero-order chi connectivity index (χ0) is 18.4. The second-order valence-electron chi connectivity index (χ2n) is 5.86. The number of hydrogen-bond donors (Lipinski definition) is 1. The molecule has 0 bridgehead atoms. The van der Waals surface area contributed by atoms with E-state index in [-0.39, 0.29) is 25.4 Å². The molecule has 0 spiro atoms. The molecule has 1 N–H and O–H groups in total. The smallest absolute Gasteiger partial charge is 0.225 e. The highest BCUT2D eigenvalue weighted by Gasteiger charge is 2.19. The highest BCUT2D eigenvalue weighted by atomic mass is 35.5. The SMILES string of the molecule is Cc1cccc(NC(=O)CCN(Cc2ccccc2Cl)S(C)(=O)=O)c1. The van der Waals surface area contributed by atoms with Gasteiger partial charge >= 0.3 is 0 Å². The van der Waals surface area contributed by atoms with Crippen LogP contribution in [-0.4, -0.2) is 31.4 Å². The van der Waals surface area contributed by atoms with Crippen LogP contribution in [0.3, 0.4) is 0 Å². The number of carbonyl (C=O) groups is 1. The van der Waals surface area contributed by atoms with Crippen molar-refractivity contribution in [2.24, 2.45) is 0 Å². The molecule has 5 nitrogen and oxygen atoms in total. The molecule has 0 atom stereocenters. The molecule has 0 aliphatic rings. The lowest BCUT2D eigenvalue weighted by molar-refractivity contribution is -0.116. The van der Waals surface area contributed by atoms with Crippen LogP contribution in [0.4, 0.5) is 5.69 Å². The van der Waals surface area contributed by atoms with Crippen molar-refractivity contribution < 1.29 is 13.2 Å². The zero-order valence-corrected chi connectivity index (χ0v) is 15.8. The van der Waals surface area contributed by atoms with E-state index >= 15 is 0 Å². The predicted molar refractivity (Wildman–Crippen MR) is 101 cm³/mol. The molecule has 0 saturated carbocycles. The average molecular weight is 381 g/mol. The Morgan fingerprint density at radius 2 is 1.88 bits per heavy atom. The van der Waals surface area contributed by atoms with Gasteiger partial charge in [-0.05, 0) is 36.2 Å². The van der Waals surface area contributed by atoms with Crippen molar-refractivity contribution in [3.8, 4) is 0 Å². The molecule has 0 fully saturated rings. The van der Waals surface area contributed by atoms with Gasteiger partial charge in [-0.3, -0.25) is 4.79 Å². The highest BCUT2D eigenvalue weighted by molar-refractivity contribution is 7.88. The molecule has 2 aromatic rings. The molecule has 0 aliphatic heterocycles. The minimum Gasteiger partial charge on any atom is -0.326 e. The number of benzene rings is 2. The maximum atomic E-state index is 12.1. The van der Waals surface area contributed by atoms with Crippen LogP contribution < -0.4 is 5.32 Å². The number of carbonyl (C=O) groups excluding carboxylic acids is 1. The molecule has 25 heavy (non-hydrogen) atoms. The number of aryl methyl sites for hydroxylation is 1. The molecular formula is C18H21ClN2O3S. The molecule has 1 amide bonds. The quantitative estimate of drug-likeness (QED) is 0.800. The summed E-state index contributed by atoms with van der Waals surface area (Å²) in [7, 11) is -3.46. The van der Waals surface area contributed by atoms with Crippen LogP contribution in [0.1, 0.15) is 17.5 Å². The van der Waals surface area contributed by atoms with E-state index in [1.54, 1.807) is 30.3 Å². The highest BCUT2D eigenvalue weighted by Crippen LogP contribution is 2.18. The number of nitrogens with one attached hydrogen (secondary N) is 1. The van der Waals surface area contributed by atoms with Gasteiger partial charge in [0.1, 0.15) is 0 Å². The van der Waals surface area contributed by atoms with Gasteiger partial charge in [0, 0.05) is 30.2 Å². The molecular weight excluding hydrogens is 360 g/mol. The number of amides is 1. The van der Waals surface area contributed by atoms with Crippen molar-refractivity contribution in [1.82, 2.24) is 4.31 Å². The van der Waals surface area contributed by atoms with E-state index in [4.69, 9.17) is 11.6 Å². The van der Waals surface area contributed by atoms with Crippen molar-refractivity contribution in [3.05, 3.63) is 64.7 Å². The van der Waals surface area contributed by atoms with Crippen LogP contribution in [0, 0.1) is 6.92 Å². The van der Waals surface area contributed by atoms with Gasteiger partial charge in [-0.2, -0.15) is 4.31 Å². The van der Waals surface area contributed by atoms with E-state index in [0.717, 1.165) is 11.8 Å². The van der Waals surface area contributed by atoms with Gasteiger partial charge in [0.05, 0.1) is 6.26 Å². The fourth-order valence-corrected chi connectivity index (χ4v) is 3.34. The van der Waals surface area contributed by atoms with Crippen LogP contribution in [0.25, 0.3) is 0 Å². The molecule has 0 saturated heterocycles. The van der Waals surface area contributed by atoms with Crippen molar-refractivity contribution in [2.75, 3.05) is 18.1 Å². The zero-order valence-electron chi connectivity index (χ0n) is 14.2. The van der Waals surface area contributed by atoms with E-state index < -0.39 is 10.0 Å². The van der Waals surface area contributed by atoms with Crippen LogP contribution in [0.5, 0.6) is 0 Å². The summed E-state index contributed by atoms with van der Waals surface area (Å²) in [4.78, 5) is 12.1. The van der Waals surface area contributed by atoms with Crippen molar-refractivity contribution in [3.63, 3.8) is 0 Å². The van der Waals surface area contributed by atoms with Gasteiger partial charge in [-0.25, -0.2) is 8.42 Å². The largest absolute Gasteiger partial charge is 0.326 e. The van der Waals surface area contributed by atoms with Gasteiger partial charge in [-0.15, -0.1) is 0 Å². The molecule has 2 rings (SSSR count). The minimum atomic E-state index is -3.46. The standard InChI is InChI=1S/C18H21ClN2O3S/c1-14-6-5-8-16(12-14)20-18(22)10-11-21(25(2,23)24)13-15-7-3-4-9-17(15)19/h3-9,12H,10-11,13H2,1-2H3,(H,20,22). The normalized spacial score (nSPS) is 11.5. The van der Waals surface area contributed by atoms with Crippen LogP contribution in [-0.2, 0) is 21.4 Å². The lowest BCUT2D eigenvalue weighted by Gasteiger charge is -2.20. The summed E-state index contributed by atoms with van der Waals surface area (Å²) in [5, 5.41) is 3.28. The monoisotopic (exact) mass is 380 g/mol. The molecule has 0 unspecified atom stereocenters. The lowest BCUT2D eigenvalue weighted by Crippen LogP contribution is -2.32. The summed E-state index contributed by atoms with van der Waals surface area (Å²) < 4.78 is 25.3. The summed E-state index contributed by atoms with van der Waals surface area (Å²) in [5.41, 5.74) is 2.44. The maximum absolute atomic E-state index is 12.1. The summed E-state index contributed by atoms with van der Waals surface area (Å²) in [5.74, 6) is -0.238. The Kier molecular flexibility index (Phi) is 6.58. The molecule has 134 valence electrons. The van der Waals surface area contributed by atoms with Crippen molar-refractivity contribution in [1.29, 1.82) is 0 Å². The van der Waals surface area contributed by atoms with Gasteiger partial charge in [0.25, 0.3) is 0 Å². The Hall–Kier alpha value is -1.89. The third-order valence-electron chi connectivity index (χ3n) is 3.66. The second-order valence-corrected chi connectivity index (χ2v) is 8.25. The Morgan fingerprint density at radius 3 is 2.52 bits per heavy atom. The van der Waals surface area contributed by atoms with Gasteiger partial charge in [0.2, 0.25) is 15.9 Å². The Morgan fingerprint density at radius 1 is 1.16 bits per heavy atom. The van der Waals surface area contributed by atoms with E-state index in [9.17, 15) is 13.2 Å². The summed E-state index contributed by atoms with van der Waals surface area (Å²) in [6.45, 7) is 2.16. The summed E-state index contributed by atoms with van der Waals surface area (Å²) >= 11 is 6.10. The van der Waals surface area contributed by atoms with E-state index in [1.807, 2.05) is 25.1 Å². The van der Waals surface area contributed by atoms with Crippen LogP contribution in [0.2, 0.25) is 5.02 Å². The third kappa shape index (κ3) is 6.16. The van der Waals surface area contributed by atoms with Crippen LogP contribution in [0.15, 0.2) is 48.5 Å². The molecule has 0 aliphatic carbocycles. The first-order valence-electron chi connectivity index (χ1n) is 7.81. The Bertz CT molecular complexity index is 853. The summed E-state index contributed by atoms with van der Waals surface area (Å²) in [6.07, 6.45) is 1.19. The van der Waals surface area contributed by atoms with Crippen LogP contribution >= 0.6 is 11.6 Å². The topological polar surface area (TPSA) is 66.5 Å². The van der Waals surface area contributed by atoms with Crippen molar-refractivity contribution >= 4 is 33.2 Å². The first-order valence-corrected chi connectivity index (χ1v) is 10.0. The first-order chi connectivity index (χ1) is 11.8. The van der Waals surface area contributed by atoms with Crippen molar-refractivity contribution in [2.45, 2.75) is 19.9 Å². The van der Waals surface area contributed by atoms with E-state index in [0.29, 0.717) is 16.3 Å². The Balaban J connectivity index is 2.01. The van der Waals surface area contributed by atoms with Gasteiger partial charge < -0.3 is 5.32 Å². The third-order valence-corrected chi connectivity index (χ3v) is 5.28. The minimum absolute atomic E-state index is 0.0610. The Labute approximate surface area is 153 Å². The maximum Gasteiger partial charge on any atom is 0.225 e. The number of nitrogens with zero attached hydrogens (tertiary/aromatic N) is 1. The number of rotatable bonds is 7. The molecule has 0 radical (unpaired) electrons. The average Bonchev–Trinajstić information content (AvgIpc) is 2.52. The number of hydrogen-bond acceptors (Lipinski definition) is 3. The predicted octanol–water partition coefficient (Wildman–Crippen LogP) is 3.44. The molecule has 7 heteroatoms. The summed E-state index contributed by atoms with van der Waals surface area (Å²) in [6, 6.07) is 14.5. The first kappa shape index (κ1) is 19.4. The number of sulfonamides is 1.